The topological polar surface area (TPSA) is 45.7 Å². The van der Waals surface area contributed by atoms with Crippen molar-refractivity contribution in [2.75, 3.05) is 0 Å². The number of pyridine rings is 1. The fraction of sp³-hybridized carbons (Fsp3) is 0.211. The third kappa shape index (κ3) is 1.50. The average molecular weight is 289 g/mol. The Hall–Kier alpha value is -2.23. The number of fused-ring (bicyclic) bond motifs is 7. The van der Waals surface area contributed by atoms with E-state index in [1.807, 2.05) is 18.2 Å². The Kier molecular flexibility index (Phi) is 2.33. The first-order valence-corrected chi connectivity index (χ1v) is 7.56. The highest BCUT2D eigenvalue weighted by Crippen LogP contribution is 2.60. The molecule has 0 amide bonds. The summed E-state index contributed by atoms with van der Waals surface area (Å²) in [6.07, 6.45) is 0.322. The van der Waals surface area contributed by atoms with Crippen LogP contribution in [0.15, 0.2) is 42.5 Å². The highest BCUT2D eigenvalue weighted by atomic mass is 16.6. The van der Waals surface area contributed by atoms with Crippen LogP contribution in [-0.2, 0) is 11.3 Å². The van der Waals surface area contributed by atoms with Crippen molar-refractivity contribution in [1.82, 2.24) is 4.98 Å². The van der Waals surface area contributed by atoms with E-state index in [9.17, 15) is 5.11 Å². The molecule has 0 radical (unpaired) electrons. The minimum atomic E-state index is 0.0534. The van der Waals surface area contributed by atoms with Gasteiger partial charge in [0, 0.05) is 16.5 Å². The SMILES string of the molecule is Cc1c2c(nc3ccc(CO)cc13)-c1ccccc1C1OC21. The molecule has 2 unspecified atom stereocenters. The molecule has 2 heterocycles. The zero-order valence-corrected chi connectivity index (χ0v) is 12.2. The van der Waals surface area contributed by atoms with E-state index in [1.165, 1.54) is 22.3 Å². The molecule has 22 heavy (non-hydrogen) atoms. The second kappa shape index (κ2) is 4.15. The van der Waals surface area contributed by atoms with Crippen molar-refractivity contribution in [3.63, 3.8) is 0 Å². The Bertz CT molecular complexity index is 932. The zero-order chi connectivity index (χ0) is 14.8. The lowest BCUT2D eigenvalue weighted by molar-refractivity contribution is 0.282. The Labute approximate surface area is 128 Å². The van der Waals surface area contributed by atoms with E-state index in [4.69, 9.17) is 9.72 Å². The largest absolute Gasteiger partial charge is 0.392 e. The van der Waals surface area contributed by atoms with Crippen LogP contribution in [0.25, 0.3) is 22.2 Å². The molecule has 1 aliphatic carbocycles. The van der Waals surface area contributed by atoms with Crippen LogP contribution in [0, 0.1) is 6.92 Å². The second-order valence-corrected chi connectivity index (χ2v) is 6.07. The van der Waals surface area contributed by atoms with Crippen LogP contribution in [0.1, 0.15) is 34.5 Å². The van der Waals surface area contributed by atoms with Crippen molar-refractivity contribution in [3.05, 3.63) is 64.7 Å². The van der Waals surface area contributed by atoms with Crippen molar-refractivity contribution >= 4 is 10.9 Å². The normalized spacial score (nSPS) is 21.2. The molecule has 1 fully saturated rings. The molecule has 1 N–H and O–H groups in total. The van der Waals surface area contributed by atoms with Crippen molar-refractivity contribution in [1.29, 1.82) is 0 Å². The van der Waals surface area contributed by atoms with E-state index in [0.717, 1.165) is 22.2 Å². The predicted octanol–water partition coefficient (Wildman–Crippen LogP) is 3.83. The standard InChI is InChI=1S/C19H15NO2/c1-10-14-8-11(9-21)6-7-15(14)20-17-12-4-2-3-5-13(12)18-19(22-18)16(10)17/h2-8,18-19,21H,9H2,1H3. The van der Waals surface area contributed by atoms with Crippen molar-refractivity contribution < 1.29 is 9.84 Å². The molecule has 5 rings (SSSR count). The molecular weight excluding hydrogens is 274 g/mol. The van der Waals surface area contributed by atoms with Crippen molar-refractivity contribution in [2.45, 2.75) is 25.7 Å². The summed E-state index contributed by atoms with van der Waals surface area (Å²) in [5, 5.41) is 10.5. The van der Waals surface area contributed by atoms with Gasteiger partial charge in [0.2, 0.25) is 0 Å². The van der Waals surface area contributed by atoms with Gasteiger partial charge in [0.25, 0.3) is 0 Å². The summed E-state index contributed by atoms with van der Waals surface area (Å²) in [6, 6.07) is 14.4. The maximum Gasteiger partial charge on any atom is 0.116 e. The van der Waals surface area contributed by atoms with Crippen LogP contribution in [0.2, 0.25) is 0 Å². The molecule has 0 bridgehead atoms. The van der Waals surface area contributed by atoms with Crippen LogP contribution in [-0.4, -0.2) is 10.1 Å². The molecular formula is C19H15NO2. The molecule has 0 saturated carbocycles. The predicted molar refractivity (Wildman–Crippen MR) is 84.4 cm³/mol. The molecule has 3 heteroatoms. The van der Waals surface area contributed by atoms with Crippen LogP contribution in [0.5, 0.6) is 0 Å². The van der Waals surface area contributed by atoms with Crippen molar-refractivity contribution in [2.24, 2.45) is 0 Å². The number of benzene rings is 2. The van der Waals surface area contributed by atoms with Crippen LogP contribution < -0.4 is 0 Å². The summed E-state index contributed by atoms with van der Waals surface area (Å²) >= 11 is 0. The summed E-state index contributed by atoms with van der Waals surface area (Å²) in [7, 11) is 0. The zero-order valence-electron chi connectivity index (χ0n) is 12.2. The van der Waals surface area contributed by atoms with Gasteiger partial charge in [0.15, 0.2) is 0 Å². The number of hydrogen-bond acceptors (Lipinski definition) is 3. The fourth-order valence-corrected chi connectivity index (χ4v) is 3.67. The molecule has 108 valence electrons. The number of ether oxygens (including phenoxy) is 1. The molecule has 1 saturated heterocycles. The number of aliphatic hydroxyl groups is 1. The maximum absolute atomic E-state index is 9.37. The average Bonchev–Trinajstić information content (AvgIpc) is 3.35. The summed E-state index contributed by atoms with van der Waals surface area (Å²) in [6.45, 7) is 2.19. The third-order valence-electron chi connectivity index (χ3n) is 4.84. The summed E-state index contributed by atoms with van der Waals surface area (Å²) in [5.41, 5.74) is 7.81. The molecule has 1 aromatic heterocycles. The smallest absolute Gasteiger partial charge is 0.116 e. The number of aromatic nitrogens is 1. The van der Waals surface area contributed by atoms with Gasteiger partial charge in [-0.2, -0.15) is 0 Å². The van der Waals surface area contributed by atoms with Gasteiger partial charge < -0.3 is 9.84 Å². The summed E-state index contributed by atoms with van der Waals surface area (Å²) in [4.78, 5) is 4.91. The van der Waals surface area contributed by atoms with E-state index in [-0.39, 0.29) is 18.8 Å². The van der Waals surface area contributed by atoms with E-state index < -0.39 is 0 Å². The van der Waals surface area contributed by atoms with Gasteiger partial charge in [-0.25, -0.2) is 4.98 Å². The summed E-state index contributed by atoms with van der Waals surface area (Å²) in [5.74, 6) is 0. The molecule has 2 atom stereocenters. The minimum absolute atomic E-state index is 0.0534. The Morgan fingerprint density at radius 1 is 1.14 bits per heavy atom. The summed E-state index contributed by atoms with van der Waals surface area (Å²) < 4.78 is 5.93. The maximum atomic E-state index is 9.37. The monoisotopic (exact) mass is 289 g/mol. The number of epoxide rings is 1. The van der Waals surface area contributed by atoms with Gasteiger partial charge in [-0.05, 0) is 35.7 Å². The van der Waals surface area contributed by atoms with E-state index in [0.29, 0.717) is 0 Å². The first-order valence-electron chi connectivity index (χ1n) is 7.56. The van der Waals surface area contributed by atoms with Crippen LogP contribution >= 0.6 is 0 Å². The number of nitrogens with zero attached hydrogens (tertiary/aromatic N) is 1. The lowest BCUT2D eigenvalue weighted by Crippen LogP contribution is -2.05. The fourth-order valence-electron chi connectivity index (χ4n) is 3.67. The van der Waals surface area contributed by atoms with Gasteiger partial charge in [0.05, 0.1) is 17.8 Å². The number of aryl methyl sites for hydroxylation is 1. The van der Waals surface area contributed by atoms with Gasteiger partial charge in [0.1, 0.15) is 12.2 Å². The van der Waals surface area contributed by atoms with Gasteiger partial charge in [-0.15, -0.1) is 0 Å². The van der Waals surface area contributed by atoms with E-state index in [2.05, 4.69) is 31.2 Å². The minimum Gasteiger partial charge on any atom is -0.392 e. The molecule has 3 nitrogen and oxygen atoms in total. The number of aliphatic hydroxyl groups excluding tert-OH is 1. The van der Waals surface area contributed by atoms with Gasteiger partial charge in [-0.3, -0.25) is 0 Å². The first-order chi connectivity index (χ1) is 10.8. The molecule has 3 aromatic rings. The highest BCUT2D eigenvalue weighted by molar-refractivity contribution is 5.89. The molecule has 0 spiro atoms. The highest BCUT2D eigenvalue weighted by Gasteiger charge is 2.49. The number of rotatable bonds is 1. The first kappa shape index (κ1) is 12.3. The molecule has 2 aromatic carbocycles. The Balaban J connectivity index is 1.87. The molecule has 1 aliphatic heterocycles. The van der Waals surface area contributed by atoms with Gasteiger partial charge in [-0.1, -0.05) is 30.3 Å². The number of hydrogen-bond donors (Lipinski definition) is 1. The molecule has 2 aliphatic rings. The van der Waals surface area contributed by atoms with Gasteiger partial charge >= 0.3 is 0 Å². The Morgan fingerprint density at radius 2 is 2.00 bits per heavy atom. The van der Waals surface area contributed by atoms with E-state index in [1.54, 1.807) is 0 Å². The second-order valence-electron chi connectivity index (χ2n) is 6.07. The lowest BCUT2D eigenvalue weighted by Gasteiger charge is -2.19. The third-order valence-corrected chi connectivity index (χ3v) is 4.84. The van der Waals surface area contributed by atoms with Crippen LogP contribution in [0.4, 0.5) is 0 Å². The van der Waals surface area contributed by atoms with E-state index >= 15 is 0 Å². The van der Waals surface area contributed by atoms with Crippen LogP contribution in [0.3, 0.4) is 0 Å². The quantitative estimate of drug-likeness (QED) is 0.692. The Morgan fingerprint density at radius 3 is 2.86 bits per heavy atom. The van der Waals surface area contributed by atoms with Crippen molar-refractivity contribution in [3.8, 4) is 11.3 Å². The lowest BCUT2D eigenvalue weighted by atomic mass is 9.85.